The van der Waals surface area contributed by atoms with Crippen LogP contribution in [0.4, 0.5) is 0 Å². The molecular weight excluding hydrogens is 586 g/mol. The van der Waals surface area contributed by atoms with Gasteiger partial charge in [0.25, 0.3) is 0 Å². The molecule has 46 heavy (non-hydrogen) atoms. The summed E-state index contributed by atoms with van der Waals surface area (Å²) in [7, 11) is 0. The molecule has 1 spiro atoms. The number of benzene rings is 1. The summed E-state index contributed by atoms with van der Waals surface area (Å²) in [6.07, 6.45) is 6.62. The number of allylic oxidation sites excluding steroid dienone is 1. The van der Waals surface area contributed by atoms with Crippen molar-refractivity contribution in [2.45, 2.75) is 95.5 Å². The number of unbranched alkanes of at least 4 members (excludes halogenated alkanes) is 1. The van der Waals surface area contributed by atoms with E-state index in [-0.39, 0.29) is 43.3 Å². The fourth-order valence-electron chi connectivity index (χ4n) is 7.50. The van der Waals surface area contributed by atoms with Crippen molar-refractivity contribution in [3.8, 4) is 0 Å². The molecule has 3 saturated heterocycles. The van der Waals surface area contributed by atoms with Crippen LogP contribution in [0.15, 0.2) is 55.6 Å². The Hall–Kier alpha value is -3.50. The number of aliphatic hydroxyl groups excluding tert-OH is 1. The van der Waals surface area contributed by atoms with Crippen LogP contribution in [-0.4, -0.2) is 88.7 Å². The largest absolute Gasteiger partial charge is 0.463 e. The summed E-state index contributed by atoms with van der Waals surface area (Å²) in [4.78, 5) is 58.8. The molecule has 0 unspecified atom stereocenters. The van der Waals surface area contributed by atoms with Crippen LogP contribution in [-0.2, 0) is 28.7 Å². The van der Waals surface area contributed by atoms with Crippen molar-refractivity contribution in [1.82, 2.24) is 15.1 Å². The first-order valence-corrected chi connectivity index (χ1v) is 16.8. The first-order valence-electron chi connectivity index (χ1n) is 16.8. The van der Waals surface area contributed by atoms with E-state index < -0.39 is 47.6 Å². The molecule has 3 aliphatic rings. The van der Waals surface area contributed by atoms with Crippen molar-refractivity contribution < 1.29 is 33.8 Å². The molecule has 252 valence electrons. The van der Waals surface area contributed by atoms with Gasteiger partial charge in [0.15, 0.2) is 0 Å². The second-order valence-corrected chi connectivity index (χ2v) is 13.2. The van der Waals surface area contributed by atoms with E-state index in [0.29, 0.717) is 38.8 Å². The molecule has 3 aliphatic heterocycles. The molecule has 0 aromatic heterocycles. The Bertz CT molecular complexity index is 1250. The molecule has 1 aromatic rings. The van der Waals surface area contributed by atoms with Gasteiger partial charge in [-0.3, -0.25) is 19.2 Å². The van der Waals surface area contributed by atoms with Crippen LogP contribution in [0.2, 0.25) is 0 Å². The first-order chi connectivity index (χ1) is 22.1. The first kappa shape index (κ1) is 35.4. The Kier molecular flexibility index (Phi) is 12.2. The summed E-state index contributed by atoms with van der Waals surface area (Å²) in [5.41, 5.74) is -0.428. The van der Waals surface area contributed by atoms with Crippen LogP contribution < -0.4 is 5.32 Å². The van der Waals surface area contributed by atoms with Gasteiger partial charge in [0.2, 0.25) is 17.7 Å². The van der Waals surface area contributed by atoms with Gasteiger partial charge in [-0.25, -0.2) is 0 Å². The van der Waals surface area contributed by atoms with Crippen LogP contribution in [0.25, 0.3) is 0 Å². The average Bonchev–Trinajstić information content (AvgIpc) is 3.70. The number of ether oxygens (including phenoxy) is 2. The Balaban J connectivity index is 1.67. The third kappa shape index (κ3) is 7.23. The number of likely N-dealkylation sites (tertiary alicyclic amines) is 1. The molecular formula is C36H51N3O7. The highest BCUT2D eigenvalue weighted by Gasteiger charge is 2.75. The predicted molar refractivity (Wildman–Crippen MR) is 174 cm³/mol. The Morgan fingerprint density at radius 3 is 2.59 bits per heavy atom. The quantitative estimate of drug-likeness (QED) is 0.185. The molecule has 2 bridgehead atoms. The van der Waals surface area contributed by atoms with Crippen molar-refractivity contribution in [2.75, 3.05) is 26.3 Å². The second-order valence-electron chi connectivity index (χ2n) is 13.2. The summed E-state index contributed by atoms with van der Waals surface area (Å²) >= 11 is 0. The van der Waals surface area contributed by atoms with Gasteiger partial charge in [-0.2, -0.15) is 0 Å². The predicted octanol–water partition coefficient (Wildman–Crippen LogP) is 3.95. The van der Waals surface area contributed by atoms with Crippen LogP contribution in [0.1, 0.15) is 77.3 Å². The maximum absolute atomic E-state index is 14.5. The maximum atomic E-state index is 14.5. The minimum absolute atomic E-state index is 0.0735. The van der Waals surface area contributed by atoms with Gasteiger partial charge in [0.1, 0.15) is 18.2 Å². The Morgan fingerprint density at radius 2 is 1.96 bits per heavy atom. The number of hydrogen-bond donors (Lipinski definition) is 2. The summed E-state index contributed by atoms with van der Waals surface area (Å²) in [5.74, 6) is -2.92. The standard InChI is InChI=1S/C36H51N3O7/c1-6-9-16-29(41)45-23-27(25-14-12-11-13-15-25)37-33(42)30-28-17-18-36(46-28)31(30)34(43)39(26(22-40)21-24(4)5)32(36)35(44)38(19-8-3)20-10-7-2/h6,8,11-15,24,26-28,30-32,40H,1,3,7,9-10,16-23H2,2,4-5H3,(H,37,42)/t26-,27-,28+,30-,31-,32+,36-/m1/s1. The highest BCUT2D eigenvalue weighted by atomic mass is 16.5. The third-order valence-electron chi connectivity index (χ3n) is 9.55. The zero-order valence-corrected chi connectivity index (χ0v) is 27.6. The number of nitrogens with zero attached hydrogens (tertiary/aromatic N) is 2. The number of hydrogen-bond acceptors (Lipinski definition) is 7. The second kappa shape index (κ2) is 15.9. The summed E-state index contributed by atoms with van der Waals surface area (Å²) in [5, 5.41) is 13.6. The number of fused-ring (bicyclic) bond motifs is 1. The molecule has 0 radical (unpaired) electrons. The van der Waals surface area contributed by atoms with Crippen LogP contribution in [0.5, 0.6) is 0 Å². The number of aliphatic hydroxyl groups is 1. The number of nitrogens with one attached hydrogen (secondary N) is 1. The molecule has 10 heteroatoms. The lowest BCUT2D eigenvalue weighted by molar-refractivity contribution is -0.151. The summed E-state index contributed by atoms with van der Waals surface area (Å²) < 4.78 is 12.2. The Labute approximate surface area is 273 Å². The highest BCUT2D eigenvalue weighted by Crippen LogP contribution is 2.59. The van der Waals surface area contributed by atoms with Gasteiger partial charge in [0, 0.05) is 19.5 Å². The fourth-order valence-corrected chi connectivity index (χ4v) is 7.50. The van der Waals surface area contributed by atoms with E-state index >= 15 is 0 Å². The van der Waals surface area contributed by atoms with Gasteiger partial charge < -0.3 is 29.7 Å². The van der Waals surface area contributed by atoms with E-state index in [1.807, 2.05) is 44.2 Å². The molecule has 0 saturated carbocycles. The molecule has 3 amide bonds. The number of amides is 3. The summed E-state index contributed by atoms with van der Waals surface area (Å²) in [6.45, 7) is 14.0. The van der Waals surface area contributed by atoms with E-state index in [0.717, 1.165) is 18.4 Å². The molecule has 4 rings (SSSR count). The van der Waals surface area contributed by atoms with Crippen molar-refractivity contribution in [3.63, 3.8) is 0 Å². The number of carbonyl (C=O) groups excluding carboxylic acids is 4. The molecule has 7 atom stereocenters. The van der Waals surface area contributed by atoms with Crippen LogP contribution in [0, 0.1) is 17.8 Å². The molecule has 0 aliphatic carbocycles. The molecule has 2 N–H and O–H groups in total. The zero-order chi connectivity index (χ0) is 33.4. The highest BCUT2D eigenvalue weighted by molar-refractivity contribution is 5.99. The maximum Gasteiger partial charge on any atom is 0.306 e. The lowest BCUT2D eigenvalue weighted by Gasteiger charge is -2.39. The minimum atomic E-state index is -1.18. The fraction of sp³-hybridized carbons (Fsp3) is 0.611. The Morgan fingerprint density at radius 1 is 1.22 bits per heavy atom. The van der Waals surface area contributed by atoms with Gasteiger partial charge in [-0.05, 0) is 43.6 Å². The zero-order valence-electron chi connectivity index (χ0n) is 27.6. The van der Waals surface area contributed by atoms with E-state index in [1.165, 1.54) is 0 Å². The van der Waals surface area contributed by atoms with Gasteiger partial charge >= 0.3 is 5.97 Å². The lowest BCUT2D eigenvalue weighted by Crippen LogP contribution is -2.59. The van der Waals surface area contributed by atoms with E-state index in [1.54, 1.807) is 22.0 Å². The smallest absolute Gasteiger partial charge is 0.306 e. The van der Waals surface area contributed by atoms with E-state index in [4.69, 9.17) is 9.47 Å². The van der Waals surface area contributed by atoms with Crippen LogP contribution in [0.3, 0.4) is 0 Å². The third-order valence-corrected chi connectivity index (χ3v) is 9.55. The van der Waals surface area contributed by atoms with Gasteiger partial charge in [-0.1, -0.05) is 69.7 Å². The monoisotopic (exact) mass is 637 g/mol. The average molecular weight is 638 g/mol. The summed E-state index contributed by atoms with van der Waals surface area (Å²) in [6, 6.07) is 7.03. The van der Waals surface area contributed by atoms with E-state index in [9.17, 15) is 24.3 Å². The van der Waals surface area contributed by atoms with E-state index in [2.05, 4.69) is 25.4 Å². The van der Waals surface area contributed by atoms with Gasteiger partial charge in [0.05, 0.1) is 36.6 Å². The molecule has 10 nitrogen and oxygen atoms in total. The SMILES string of the molecule is C=CCCC(=O)OC[C@@H](NC(=O)[C@@H]1[C@@H]2CC[C@]3(O2)[C@H](C(=O)N(CC=C)CCCC)N([C@@H](CO)CC(C)C)C(=O)[C@@H]13)c1ccccc1. The number of esters is 1. The van der Waals surface area contributed by atoms with Crippen molar-refractivity contribution in [2.24, 2.45) is 17.8 Å². The molecule has 1 aromatic carbocycles. The number of rotatable bonds is 18. The van der Waals surface area contributed by atoms with Crippen molar-refractivity contribution in [1.29, 1.82) is 0 Å². The lowest BCUT2D eigenvalue weighted by atomic mass is 9.70. The van der Waals surface area contributed by atoms with Crippen LogP contribution >= 0.6 is 0 Å². The molecule has 3 fully saturated rings. The topological polar surface area (TPSA) is 125 Å². The van der Waals surface area contributed by atoms with Crippen molar-refractivity contribution in [3.05, 3.63) is 61.2 Å². The molecule has 3 heterocycles. The number of carbonyl (C=O) groups is 4. The van der Waals surface area contributed by atoms with Gasteiger partial charge in [-0.15, -0.1) is 13.2 Å². The van der Waals surface area contributed by atoms with Crippen molar-refractivity contribution >= 4 is 23.7 Å². The normalized spacial score (nSPS) is 26.0. The minimum Gasteiger partial charge on any atom is -0.463 e.